The first-order chi connectivity index (χ1) is 10.6. The van der Waals surface area contributed by atoms with Crippen molar-refractivity contribution in [3.63, 3.8) is 0 Å². The smallest absolute Gasteiger partial charge is 0.222 e. The lowest BCUT2D eigenvalue weighted by molar-refractivity contribution is -0.129. The first kappa shape index (κ1) is 16.2. The van der Waals surface area contributed by atoms with Gasteiger partial charge in [0, 0.05) is 38.6 Å². The number of carbonyl (C=O) groups is 1. The van der Waals surface area contributed by atoms with Crippen molar-refractivity contribution in [1.29, 1.82) is 0 Å². The van der Waals surface area contributed by atoms with E-state index in [1.807, 2.05) is 0 Å². The molecule has 0 radical (unpaired) electrons. The number of amides is 1. The van der Waals surface area contributed by atoms with E-state index in [-0.39, 0.29) is 12.0 Å². The Bertz CT molecular complexity index is 384. The summed E-state index contributed by atoms with van der Waals surface area (Å²) in [7, 11) is 0. The second kappa shape index (κ2) is 7.28. The molecule has 1 aliphatic carbocycles. The Labute approximate surface area is 133 Å². The van der Waals surface area contributed by atoms with E-state index in [1.54, 1.807) is 4.90 Å². The number of aliphatic hydroxyl groups excluding tert-OH is 2. The van der Waals surface area contributed by atoms with Gasteiger partial charge in [-0.15, -0.1) is 0 Å². The molecular weight excluding hydrogens is 280 g/mol. The predicted octanol–water partition coefficient (Wildman–Crippen LogP) is 0.985. The Kier molecular flexibility index (Phi) is 5.37. The zero-order chi connectivity index (χ0) is 15.5. The molecule has 2 aliphatic heterocycles. The van der Waals surface area contributed by atoms with Gasteiger partial charge in [-0.05, 0) is 31.6 Å². The minimum absolute atomic E-state index is 0.171. The topological polar surface area (TPSA) is 64.0 Å². The molecule has 5 nitrogen and oxygen atoms in total. The van der Waals surface area contributed by atoms with Gasteiger partial charge in [-0.25, -0.2) is 0 Å². The van der Waals surface area contributed by atoms with Gasteiger partial charge in [-0.1, -0.05) is 19.3 Å². The van der Waals surface area contributed by atoms with Crippen molar-refractivity contribution in [1.82, 2.24) is 9.80 Å². The van der Waals surface area contributed by atoms with Crippen LogP contribution in [-0.2, 0) is 4.79 Å². The van der Waals surface area contributed by atoms with Crippen LogP contribution in [0.25, 0.3) is 0 Å². The molecule has 0 spiro atoms. The second-order valence-electron chi connectivity index (χ2n) is 7.41. The monoisotopic (exact) mass is 310 g/mol. The summed E-state index contributed by atoms with van der Waals surface area (Å²) in [6.45, 7) is 2.49. The van der Waals surface area contributed by atoms with Crippen LogP contribution >= 0.6 is 0 Å². The number of rotatable bonds is 5. The summed E-state index contributed by atoms with van der Waals surface area (Å²) in [4.78, 5) is 15.7. The molecule has 3 aliphatic rings. The molecular formula is C17H30N2O3. The third-order valence-electron chi connectivity index (χ3n) is 5.67. The van der Waals surface area contributed by atoms with Crippen LogP contribution in [0.3, 0.4) is 0 Å². The lowest BCUT2D eigenvalue weighted by atomic mass is 9.82. The highest BCUT2D eigenvalue weighted by Crippen LogP contribution is 2.34. The number of nitrogens with zero attached hydrogens (tertiary/aromatic N) is 2. The van der Waals surface area contributed by atoms with Crippen LogP contribution in [0.4, 0.5) is 0 Å². The molecule has 22 heavy (non-hydrogen) atoms. The molecule has 0 aromatic rings. The first-order valence-electron chi connectivity index (χ1n) is 9.01. The molecule has 3 atom stereocenters. The van der Waals surface area contributed by atoms with Gasteiger partial charge < -0.3 is 15.1 Å². The van der Waals surface area contributed by atoms with Crippen LogP contribution in [0.2, 0.25) is 0 Å². The Morgan fingerprint density at radius 1 is 1.14 bits per heavy atom. The van der Waals surface area contributed by atoms with Crippen LogP contribution in [0, 0.1) is 5.92 Å². The Hall–Kier alpha value is -0.650. The van der Waals surface area contributed by atoms with Crippen molar-refractivity contribution < 1.29 is 15.0 Å². The molecule has 3 fully saturated rings. The fourth-order valence-electron chi connectivity index (χ4n) is 4.61. The lowest BCUT2D eigenvalue weighted by Gasteiger charge is -2.35. The Morgan fingerprint density at radius 2 is 1.91 bits per heavy atom. The van der Waals surface area contributed by atoms with E-state index in [4.69, 9.17) is 0 Å². The highest BCUT2D eigenvalue weighted by atomic mass is 16.3. The fourth-order valence-corrected chi connectivity index (χ4v) is 4.61. The van der Waals surface area contributed by atoms with Crippen molar-refractivity contribution in [2.45, 2.75) is 69.6 Å². The number of carbonyl (C=O) groups excluding carboxylic acids is 1. The number of β-amino-alcohol motifs (C(OH)–C–C–N with tert-alkyl or cyclic N) is 2. The van der Waals surface area contributed by atoms with Gasteiger partial charge in [0.15, 0.2) is 0 Å². The average Bonchev–Trinajstić information content (AvgIpc) is 3.06. The Balaban J connectivity index is 1.53. The number of hydrogen-bond acceptors (Lipinski definition) is 4. The largest absolute Gasteiger partial charge is 0.392 e. The molecule has 2 saturated heterocycles. The van der Waals surface area contributed by atoms with Gasteiger partial charge in [0.25, 0.3) is 0 Å². The van der Waals surface area contributed by atoms with Crippen LogP contribution < -0.4 is 0 Å². The molecule has 3 unspecified atom stereocenters. The van der Waals surface area contributed by atoms with Gasteiger partial charge >= 0.3 is 0 Å². The molecule has 0 aromatic carbocycles. The third kappa shape index (κ3) is 3.81. The summed E-state index contributed by atoms with van der Waals surface area (Å²) in [5.41, 5.74) is 0. The molecule has 0 bridgehead atoms. The minimum atomic E-state index is -0.501. The summed E-state index contributed by atoms with van der Waals surface area (Å²) < 4.78 is 0. The summed E-state index contributed by atoms with van der Waals surface area (Å²) in [6.07, 6.45) is 8.09. The maximum atomic E-state index is 11.7. The van der Waals surface area contributed by atoms with Crippen molar-refractivity contribution in [2.24, 2.45) is 5.92 Å². The fraction of sp³-hybridized carbons (Fsp3) is 0.941. The van der Waals surface area contributed by atoms with E-state index in [0.29, 0.717) is 38.0 Å². The first-order valence-corrected chi connectivity index (χ1v) is 9.01. The van der Waals surface area contributed by atoms with E-state index in [9.17, 15) is 15.0 Å². The SMILES string of the molecule is O=C1CCCN1CC(O)CN1CC(O)CC1C1CCCCC1. The van der Waals surface area contributed by atoms with Crippen molar-refractivity contribution in [3.05, 3.63) is 0 Å². The van der Waals surface area contributed by atoms with Crippen LogP contribution in [0.15, 0.2) is 0 Å². The molecule has 0 aromatic heterocycles. The predicted molar refractivity (Wildman–Crippen MR) is 84.4 cm³/mol. The van der Waals surface area contributed by atoms with Crippen molar-refractivity contribution in [3.8, 4) is 0 Å². The third-order valence-corrected chi connectivity index (χ3v) is 5.67. The highest BCUT2D eigenvalue weighted by Gasteiger charge is 2.37. The highest BCUT2D eigenvalue weighted by molar-refractivity contribution is 5.78. The maximum Gasteiger partial charge on any atom is 0.222 e. The zero-order valence-corrected chi connectivity index (χ0v) is 13.5. The van der Waals surface area contributed by atoms with Gasteiger partial charge in [0.1, 0.15) is 0 Å². The van der Waals surface area contributed by atoms with Crippen LogP contribution in [0.5, 0.6) is 0 Å². The Morgan fingerprint density at radius 3 is 2.59 bits per heavy atom. The molecule has 1 saturated carbocycles. The van der Waals surface area contributed by atoms with E-state index in [1.165, 1.54) is 32.1 Å². The second-order valence-corrected chi connectivity index (χ2v) is 7.41. The number of likely N-dealkylation sites (tertiary alicyclic amines) is 2. The lowest BCUT2D eigenvalue weighted by Crippen LogP contribution is -2.45. The molecule has 2 N–H and O–H groups in total. The van der Waals surface area contributed by atoms with E-state index in [0.717, 1.165) is 19.4 Å². The van der Waals surface area contributed by atoms with E-state index < -0.39 is 6.10 Å². The average molecular weight is 310 g/mol. The van der Waals surface area contributed by atoms with Gasteiger partial charge in [0.05, 0.1) is 12.2 Å². The quantitative estimate of drug-likeness (QED) is 0.795. The van der Waals surface area contributed by atoms with Crippen LogP contribution in [-0.4, -0.2) is 70.3 Å². The van der Waals surface area contributed by atoms with E-state index in [2.05, 4.69) is 4.90 Å². The zero-order valence-electron chi connectivity index (χ0n) is 13.5. The van der Waals surface area contributed by atoms with Gasteiger partial charge in [-0.3, -0.25) is 9.69 Å². The molecule has 1 amide bonds. The summed E-state index contributed by atoms with van der Waals surface area (Å²) in [6, 6.07) is 0.416. The van der Waals surface area contributed by atoms with Crippen molar-refractivity contribution >= 4 is 5.91 Å². The van der Waals surface area contributed by atoms with Crippen molar-refractivity contribution in [2.75, 3.05) is 26.2 Å². The maximum absolute atomic E-state index is 11.7. The molecule has 126 valence electrons. The standard InChI is InChI=1S/C17H30N2O3/c20-14-9-16(13-5-2-1-3-6-13)19(10-14)12-15(21)11-18-8-4-7-17(18)22/h13-16,20-21H,1-12H2. The van der Waals surface area contributed by atoms with Crippen LogP contribution in [0.1, 0.15) is 51.4 Å². The van der Waals surface area contributed by atoms with E-state index >= 15 is 0 Å². The minimum Gasteiger partial charge on any atom is -0.392 e. The number of aliphatic hydroxyl groups is 2. The summed E-state index contributed by atoms with van der Waals surface area (Å²) in [5.74, 6) is 0.843. The summed E-state index contributed by atoms with van der Waals surface area (Å²) in [5, 5.41) is 20.4. The van der Waals surface area contributed by atoms with Gasteiger partial charge in [-0.2, -0.15) is 0 Å². The molecule has 2 heterocycles. The van der Waals surface area contributed by atoms with Gasteiger partial charge in [0.2, 0.25) is 5.91 Å². The number of hydrogen-bond donors (Lipinski definition) is 2. The molecule has 3 rings (SSSR count). The molecule has 5 heteroatoms. The summed E-state index contributed by atoms with van der Waals surface area (Å²) >= 11 is 0. The normalized spacial score (nSPS) is 32.8.